The summed E-state index contributed by atoms with van der Waals surface area (Å²) in [5.74, 6) is 0.506. The summed E-state index contributed by atoms with van der Waals surface area (Å²) in [7, 11) is 0. The predicted octanol–water partition coefficient (Wildman–Crippen LogP) is 2.95. The van der Waals surface area contributed by atoms with Crippen LogP contribution in [0.3, 0.4) is 0 Å². The second-order valence-corrected chi connectivity index (χ2v) is 7.41. The van der Waals surface area contributed by atoms with Gasteiger partial charge >= 0.3 is 0 Å². The van der Waals surface area contributed by atoms with E-state index in [1.807, 2.05) is 23.1 Å². The number of rotatable bonds is 3. The van der Waals surface area contributed by atoms with Gasteiger partial charge in [0, 0.05) is 24.0 Å². The SMILES string of the molecule is O=C(Cn1cncn1)N1CCC(c2nc3cc(Cl)ccc3s2)CC1. The van der Waals surface area contributed by atoms with Gasteiger partial charge in [-0.2, -0.15) is 5.10 Å². The quantitative estimate of drug-likeness (QED) is 0.719. The van der Waals surface area contributed by atoms with Gasteiger partial charge in [0.1, 0.15) is 19.2 Å². The number of fused-ring (bicyclic) bond motifs is 1. The van der Waals surface area contributed by atoms with E-state index in [2.05, 4.69) is 10.1 Å². The fourth-order valence-electron chi connectivity index (χ4n) is 3.02. The molecule has 1 fully saturated rings. The normalized spacial score (nSPS) is 16.0. The minimum atomic E-state index is 0.0926. The van der Waals surface area contributed by atoms with Crippen molar-refractivity contribution in [2.75, 3.05) is 13.1 Å². The number of nitrogens with zero attached hydrogens (tertiary/aromatic N) is 5. The summed E-state index contributed by atoms with van der Waals surface area (Å²) in [6.07, 6.45) is 4.89. The Labute approximate surface area is 148 Å². The molecule has 0 bridgehead atoms. The Balaban J connectivity index is 1.40. The van der Waals surface area contributed by atoms with Gasteiger partial charge in [0.25, 0.3) is 0 Å². The number of aromatic nitrogens is 4. The zero-order valence-electron chi connectivity index (χ0n) is 12.9. The Morgan fingerprint density at radius 1 is 1.33 bits per heavy atom. The summed E-state index contributed by atoms with van der Waals surface area (Å²) in [5.41, 5.74) is 0.965. The molecule has 0 spiro atoms. The Kier molecular flexibility index (Phi) is 4.20. The number of halogens is 1. The molecule has 0 saturated carbocycles. The minimum Gasteiger partial charge on any atom is -0.341 e. The molecule has 1 aliphatic rings. The van der Waals surface area contributed by atoms with E-state index in [4.69, 9.17) is 16.6 Å². The van der Waals surface area contributed by atoms with Crippen molar-refractivity contribution >= 4 is 39.1 Å². The molecule has 0 unspecified atom stereocenters. The number of piperidine rings is 1. The molecule has 1 aliphatic heterocycles. The van der Waals surface area contributed by atoms with E-state index in [0.717, 1.165) is 36.5 Å². The lowest BCUT2D eigenvalue weighted by Gasteiger charge is -2.31. The number of hydrogen-bond donors (Lipinski definition) is 0. The maximum absolute atomic E-state index is 12.3. The van der Waals surface area contributed by atoms with Crippen LogP contribution in [0.5, 0.6) is 0 Å². The topological polar surface area (TPSA) is 63.9 Å². The molecular weight excluding hydrogens is 346 g/mol. The molecule has 0 atom stereocenters. The van der Waals surface area contributed by atoms with Crippen LogP contribution in [0.1, 0.15) is 23.8 Å². The van der Waals surface area contributed by atoms with Crippen LogP contribution in [0.2, 0.25) is 5.02 Å². The first-order chi connectivity index (χ1) is 11.7. The minimum absolute atomic E-state index is 0.0926. The summed E-state index contributed by atoms with van der Waals surface area (Å²) in [6.45, 7) is 1.77. The van der Waals surface area contributed by atoms with Crippen LogP contribution in [0.15, 0.2) is 30.9 Å². The van der Waals surface area contributed by atoms with Gasteiger partial charge < -0.3 is 4.90 Å². The molecule has 6 nitrogen and oxygen atoms in total. The molecule has 4 rings (SSSR count). The van der Waals surface area contributed by atoms with Gasteiger partial charge in [-0.1, -0.05) is 11.6 Å². The van der Waals surface area contributed by atoms with Crippen molar-refractivity contribution < 1.29 is 4.79 Å². The predicted molar refractivity (Wildman–Crippen MR) is 93.2 cm³/mol. The van der Waals surface area contributed by atoms with Crippen molar-refractivity contribution in [3.63, 3.8) is 0 Å². The maximum atomic E-state index is 12.3. The first kappa shape index (κ1) is 15.5. The van der Waals surface area contributed by atoms with Crippen LogP contribution < -0.4 is 0 Å². The summed E-state index contributed by atoms with van der Waals surface area (Å²) in [5, 5.41) is 5.85. The van der Waals surface area contributed by atoms with Crippen LogP contribution in [-0.2, 0) is 11.3 Å². The first-order valence-electron chi connectivity index (χ1n) is 7.85. The second-order valence-electron chi connectivity index (χ2n) is 5.91. The van der Waals surface area contributed by atoms with Crippen molar-refractivity contribution in [1.82, 2.24) is 24.6 Å². The van der Waals surface area contributed by atoms with Gasteiger partial charge in [0.05, 0.1) is 15.2 Å². The molecule has 3 aromatic rings. The molecule has 1 amide bonds. The molecular formula is C16H16ClN5OS. The van der Waals surface area contributed by atoms with E-state index in [0.29, 0.717) is 10.9 Å². The highest BCUT2D eigenvalue weighted by atomic mass is 35.5. The Hall–Kier alpha value is -1.99. The molecule has 1 aromatic carbocycles. The monoisotopic (exact) mass is 361 g/mol. The smallest absolute Gasteiger partial charge is 0.244 e. The number of hydrogen-bond acceptors (Lipinski definition) is 5. The van der Waals surface area contributed by atoms with Crippen molar-refractivity contribution in [3.8, 4) is 0 Å². The third-order valence-corrected chi connectivity index (χ3v) is 5.76. The number of thiazole rings is 1. The number of carbonyl (C=O) groups excluding carboxylic acids is 1. The summed E-state index contributed by atoms with van der Waals surface area (Å²) in [4.78, 5) is 22.8. The molecule has 3 heterocycles. The summed E-state index contributed by atoms with van der Waals surface area (Å²) >= 11 is 7.77. The van der Waals surface area contributed by atoms with Crippen molar-refractivity contribution in [2.24, 2.45) is 0 Å². The van der Waals surface area contributed by atoms with Gasteiger partial charge in [-0.25, -0.2) is 14.6 Å². The third-order valence-electron chi connectivity index (χ3n) is 4.33. The van der Waals surface area contributed by atoms with Gasteiger partial charge in [0.15, 0.2) is 0 Å². The standard InChI is InChI=1S/C16H16ClN5OS/c17-12-1-2-14-13(7-12)20-16(24-14)11-3-5-21(6-4-11)15(23)8-22-10-18-9-19-22/h1-2,7,9-11H,3-6,8H2. The number of benzene rings is 1. The van der Waals surface area contributed by atoms with E-state index in [-0.39, 0.29) is 12.5 Å². The van der Waals surface area contributed by atoms with Gasteiger partial charge in [-0.15, -0.1) is 11.3 Å². The van der Waals surface area contributed by atoms with Crippen molar-refractivity contribution in [3.05, 3.63) is 40.9 Å². The van der Waals surface area contributed by atoms with E-state index < -0.39 is 0 Å². The average Bonchev–Trinajstić information content (AvgIpc) is 3.24. The summed E-state index contributed by atoms with van der Waals surface area (Å²) in [6, 6.07) is 5.83. The summed E-state index contributed by atoms with van der Waals surface area (Å²) < 4.78 is 2.73. The number of likely N-dealkylation sites (tertiary alicyclic amines) is 1. The molecule has 24 heavy (non-hydrogen) atoms. The lowest BCUT2D eigenvalue weighted by Crippen LogP contribution is -2.39. The zero-order chi connectivity index (χ0) is 16.5. The number of amides is 1. The van der Waals surface area contributed by atoms with Gasteiger partial charge in [0.2, 0.25) is 5.91 Å². The van der Waals surface area contributed by atoms with Crippen LogP contribution in [0.25, 0.3) is 10.2 Å². The molecule has 0 radical (unpaired) electrons. The fraction of sp³-hybridized carbons (Fsp3) is 0.375. The highest BCUT2D eigenvalue weighted by Crippen LogP contribution is 2.34. The zero-order valence-corrected chi connectivity index (χ0v) is 14.5. The van der Waals surface area contributed by atoms with Crippen LogP contribution in [0.4, 0.5) is 0 Å². The fourth-order valence-corrected chi connectivity index (χ4v) is 4.31. The molecule has 1 saturated heterocycles. The van der Waals surface area contributed by atoms with Crippen molar-refractivity contribution in [1.29, 1.82) is 0 Å². The van der Waals surface area contributed by atoms with Crippen LogP contribution in [0, 0.1) is 0 Å². The van der Waals surface area contributed by atoms with Gasteiger partial charge in [-0.3, -0.25) is 4.79 Å². The van der Waals surface area contributed by atoms with E-state index in [1.54, 1.807) is 22.3 Å². The van der Waals surface area contributed by atoms with Crippen molar-refractivity contribution in [2.45, 2.75) is 25.3 Å². The molecule has 124 valence electrons. The highest BCUT2D eigenvalue weighted by Gasteiger charge is 2.26. The molecule has 8 heteroatoms. The Morgan fingerprint density at radius 3 is 2.92 bits per heavy atom. The maximum Gasteiger partial charge on any atom is 0.244 e. The molecule has 2 aromatic heterocycles. The molecule has 0 N–H and O–H groups in total. The third kappa shape index (κ3) is 3.14. The number of carbonyl (C=O) groups is 1. The lowest BCUT2D eigenvalue weighted by atomic mass is 9.97. The first-order valence-corrected chi connectivity index (χ1v) is 9.04. The van der Waals surface area contributed by atoms with Crippen LogP contribution in [-0.4, -0.2) is 43.6 Å². The lowest BCUT2D eigenvalue weighted by molar-refractivity contribution is -0.133. The Bertz CT molecular complexity index is 855. The highest BCUT2D eigenvalue weighted by molar-refractivity contribution is 7.18. The van der Waals surface area contributed by atoms with Crippen LogP contribution >= 0.6 is 22.9 Å². The van der Waals surface area contributed by atoms with E-state index in [1.165, 1.54) is 11.0 Å². The molecule has 0 aliphatic carbocycles. The second kappa shape index (κ2) is 6.49. The Morgan fingerprint density at radius 2 is 2.17 bits per heavy atom. The van der Waals surface area contributed by atoms with E-state index in [9.17, 15) is 4.79 Å². The van der Waals surface area contributed by atoms with E-state index >= 15 is 0 Å². The largest absolute Gasteiger partial charge is 0.341 e. The van der Waals surface area contributed by atoms with Gasteiger partial charge in [-0.05, 0) is 31.0 Å². The average molecular weight is 362 g/mol.